The minimum Gasteiger partial charge on any atom is -0.440 e. The molecule has 7 aromatic rings. The first kappa shape index (κ1) is 44.1. The molecule has 0 amide bonds. The highest BCUT2D eigenvalue weighted by Gasteiger charge is 2.49. The van der Waals surface area contributed by atoms with E-state index in [4.69, 9.17) is 4.42 Å². The van der Waals surface area contributed by atoms with Crippen molar-refractivity contribution in [3.05, 3.63) is 148 Å². The van der Waals surface area contributed by atoms with Gasteiger partial charge in [0.1, 0.15) is 5.58 Å². The zero-order valence-electron chi connectivity index (χ0n) is 43.1. The summed E-state index contributed by atoms with van der Waals surface area (Å²) in [6.45, 7) is 36.1. The highest BCUT2D eigenvalue weighted by molar-refractivity contribution is 7.01. The van der Waals surface area contributed by atoms with Gasteiger partial charge in [-0.05, 0) is 169 Å². The van der Waals surface area contributed by atoms with Gasteiger partial charge >= 0.3 is 0 Å². The van der Waals surface area contributed by atoms with Crippen molar-refractivity contribution in [1.82, 2.24) is 0 Å². The molecule has 0 spiro atoms. The maximum absolute atomic E-state index is 7.31. The molecule has 4 heteroatoms. The number of aryl methyl sites for hydroxylation is 1. The number of nitrogens with zero attached hydrogens (tertiary/aromatic N) is 2. The zero-order valence-corrected chi connectivity index (χ0v) is 43.1. The van der Waals surface area contributed by atoms with Crippen LogP contribution >= 0.6 is 0 Å². The van der Waals surface area contributed by atoms with Gasteiger partial charge in [0.2, 0.25) is 5.88 Å². The molecule has 3 heterocycles. The number of hydrogen-bond donors (Lipinski definition) is 0. The van der Waals surface area contributed by atoms with E-state index in [1.807, 2.05) is 0 Å². The Kier molecular flexibility index (Phi) is 9.39. The average Bonchev–Trinajstić information content (AvgIpc) is 3.64. The van der Waals surface area contributed by atoms with E-state index in [1.165, 1.54) is 101 Å². The fourth-order valence-corrected chi connectivity index (χ4v) is 12.4. The van der Waals surface area contributed by atoms with Gasteiger partial charge in [0, 0.05) is 39.2 Å². The Morgan fingerprint density at radius 3 is 1.55 bits per heavy atom. The van der Waals surface area contributed by atoms with Crippen LogP contribution in [0.3, 0.4) is 0 Å². The molecule has 3 nitrogen and oxygen atoms in total. The second kappa shape index (κ2) is 14.3. The quantitative estimate of drug-likeness (QED) is 0.165. The molecule has 11 rings (SSSR count). The maximum Gasteiger partial charge on any atom is 0.257 e. The fourth-order valence-electron chi connectivity index (χ4n) is 12.4. The summed E-state index contributed by atoms with van der Waals surface area (Å²) in [4.78, 5) is 5.24. The molecular formula is C63H71BN2O. The minimum absolute atomic E-state index is 0.0212. The molecule has 2 aliphatic heterocycles. The summed E-state index contributed by atoms with van der Waals surface area (Å²) >= 11 is 0. The highest BCUT2D eigenvalue weighted by Crippen LogP contribution is 2.55. The van der Waals surface area contributed by atoms with Gasteiger partial charge in [-0.15, -0.1) is 0 Å². The zero-order chi connectivity index (χ0) is 47.5. The van der Waals surface area contributed by atoms with Crippen molar-refractivity contribution in [2.45, 2.75) is 162 Å². The third-order valence-electron chi connectivity index (χ3n) is 16.9. The van der Waals surface area contributed by atoms with Crippen molar-refractivity contribution in [2.75, 3.05) is 9.80 Å². The van der Waals surface area contributed by atoms with E-state index in [2.05, 4.69) is 223 Å². The molecule has 0 saturated heterocycles. The summed E-state index contributed by atoms with van der Waals surface area (Å²) < 4.78 is 7.31. The van der Waals surface area contributed by atoms with Gasteiger partial charge in [-0.3, -0.25) is 4.90 Å². The molecule has 6 aromatic carbocycles. The number of furan rings is 1. The summed E-state index contributed by atoms with van der Waals surface area (Å²) in [5, 5.41) is 1.19. The Labute approximate surface area is 402 Å². The van der Waals surface area contributed by atoms with Crippen LogP contribution in [0, 0.1) is 6.92 Å². The SMILES string of the molecule is Cc1cc2c3c(c1)N(c1cc(C(C)(C)C)cc(C(C)(C)C)c1)c1oc4ccccc4c1B3c1cc3c(cc1N2c1cc2c(cc1-c1ccccc1)C(C)(C)CCC2(C)C)C(C)(C)CCC3(C)C. The van der Waals surface area contributed by atoms with Crippen LogP contribution in [0.5, 0.6) is 0 Å². The number of fused-ring (bicyclic) bond motifs is 8. The van der Waals surface area contributed by atoms with Crippen molar-refractivity contribution in [3.63, 3.8) is 0 Å². The largest absolute Gasteiger partial charge is 0.440 e. The van der Waals surface area contributed by atoms with Gasteiger partial charge in [0.15, 0.2) is 0 Å². The third kappa shape index (κ3) is 6.73. The van der Waals surface area contributed by atoms with Gasteiger partial charge in [0.25, 0.3) is 6.71 Å². The molecule has 0 atom stereocenters. The standard InChI is InChI=1S/C63H71BN2O/c1-38-29-52-56-53(30-38)66(50-36-47-45(60(8,9)25-27-62(47,12)13)34-44(50)39-21-17-16-18-22-39)51-37-48-46(61(10,11)26-28-63(48,14)15)35-49(51)64(56)55-43-23-19-20-24-54(43)67-57(55)65(52)42-32-40(58(2,3)4)31-41(33-42)59(5,6)7/h16-24,29-37H,25-28H2,1-15H3. The number of benzene rings is 6. The van der Waals surface area contributed by atoms with Crippen LogP contribution in [0.1, 0.15) is 162 Å². The molecule has 1 aromatic heterocycles. The fraction of sp³-hybridized carbons (Fsp3) is 0.397. The summed E-state index contributed by atoms with van der Waals surface area (Å²) in [6, 6.07) is 42.9. The number of anilines is 6. The van der Waals surface area contributed by atoms with Gasteiger partial charge in [0.05, 0.1) is 5.69 Å². The first-order valence-corrected chi connectivity index (χ1v) is 25.2. The first-order valence-electron chi connectivity index (χ1n) is 25.2. The van der Waals surface area contributed by atoms with E-state index in [0.29, 0.717) is 0 Å². The van der Waals surface area contributed by atoms with Crippen molar-refractivity contribution >= 4 is 68.4 Å². The Balaban J connectivity index is 1.32. The van der Waals surface area contributed by atoms with Crippen molar-refractivity contribution < 1.29 is 4.42 Å². The molecule has 0 N–H and O–H groups in total. The van der Waals surface area contributed by atoms with E-state index < -0.39 is 0 Å². The van der Waals surface area contributed by atoms with Crippen molar-refractivity contribution in [1.29, 1.82) is 0 Å². The van der Waals surface area contributed by atoms with Crippen molar-refractivity contribution in [3.8, 4) is 11.1 Å². The molecule has 67 heavy (non-hydrogen) atoms. The number of para-hydroxylation sites is 1. The number of rotatable bonds is 3. The van der Waals surface area contributed by atoms with E-state index >= 15 is 0 Å². The molecular weight excluding hydrogens is 812 g/mol. The van der Waals surface area contributed by atoms with Gasteiger partial charge in [-0.25, -0.2) is 0 Å². The number of hydrogen-bond acceptors (Lipinski definition) is 3. The average molecular weight is 883 g/mol. The van der Waals surface area contributed by atoms with Crippen LogP contribution in [-0.4, -0.2) is 6.71 Å². The van der Waals surface area contributed by atoms with Gasteiger partial charge in [-0.1, -0.05) is 158 Å². The Morgan fingerprint density at radius 2 is 0.985 bits per heavy atom. The molecule has 4 aliphatic rings. The molecule has 2 aliphatic carbocycles. The summed E-state index contributed by atoms with van der Waals surface area (Å²) in [6.07, 6.45) is 4.63. The van der Waals surface area contributed by atoms with Crippen molar-refractivity contribution in [2.24, 2.45) is 0 Å². The lowest BCUT2D eigenvalue weighted by Gasteiger charge is -2.48. The van der Waals surface area contributed by atoms with E-state index in [9.17, 15) is 0 Å². The van der Waals surface area contributed by atoms with E-state index in [0.717, 1.165) is 36.4 Å². The van der Waals surface area contributed by atoms with Crippen LogP contribution in [-0.2, 0) is 32.5 Å². The van der Waals surface area contributed by atoms with Gasteiger partial charge < -0.3 is 9.32 Å². The summed E-state index contributed by atoms with van der Waals surface area (Å²) in [5.41, 5.74) is 23.4. The molecule has 0 radical (unpaired) electrons. The minimum atomic E-state index is -0.0604. The van der Waals surface area contributed by atoms with E-state index in [1.54, 1.807) is 0 Å². The molecule has 0 fully saturated rings. The highest BCUT2D eigenvalue weighted by atomic mass is 16.4. The smallest absolute Gasteiger partial charge is 0.257 e. The Bertz CT molecular complexity index is 3150. The lowest BCUT2D eigenvalue weighted by atomic mass is 9.33. The Hall–Kier alpha value is -5.48. The van der Waals surface area contributed by atoms with Crippen LogP contribution in [0.25, 0.3) is 22.1 Å². The topological polar surface area (TPSA) is 19.6 Å². The predicted octanol–water partition coefficient (Wildman–Crippen LogP) is 15.8. The summed E-state index contributed by atoms with van der Waals surface area (Å²) in [7, 11) is 0. The van der Waals surface area contributed by atoms with Crippen LogP contribution < -0.4 is 26.2 Å². The predicted molar refractivity (Wildman–Crippen MR) is 288 cm³/mol. The van der Waals surface area contributed by atoms with E-state index in [-0.39, 0.29) is 39.2 Å². The third-order valence-corrected chi connectivity index (χ3v) is 16.9. The second-order valence-electron chi connectivity index (χ2n) is 25.7. The first-order chi connectivity index (χ1) is 31.4. The van der Waals surface area contributed by atoms with Crippen LogP contribution in [0.2, 0.25) is 0 Å². The van der Waals surface area contributed by atoms with Gasteiger partial charge in [-0.2, -0.15) is 0 Å². The normalized spacial score (nSPS) is 18.5. The second-order valence-corrected chi connectivity index (χ2v) is 25.7. The summed E-state index contributed by atoms with van der Waals surface area (Å²) in [5.74, 6) is 0.931. The monoisotopic (exact) mass is 883 g/mol. The lowest BCUT2D eigenvalue weighted by molar-refractivity contribution is 0.332. The molecule has 0 unspecified atom stereocenters. The molecule has 342 valence electrons. The Morgan fingerprint density at radius 1 is 0.493 bits per heavy atom. The molecule has 0 saturated carbocycles. The molecule has 0 bridgehead atoms. The lowest BCUT2D eigenvalue weighted by Crippen LogP contribution is -2.61. The van der Waals surface area contributed by atoms with Crippen LogP contribution in [0.15, 0.2) is 114 Å². The van der Waals surface area contributed by atoms with Crippen LogP contribution in [0.4, 0.5) is 34.3 Å². The maximum atomic E-state index is 7.31.